The van der Waals surface area contributed by atoms with Crippen LogP contribution >= 0.6 is 0 Å². The highest BCUT2D eigenvalue weighted by molar-refractivity contribution is 6.27. The summed E-state index contributed by atoms with van der Waals surface area (Å²) in [5.41, 5.74) is 12.5. The van der Waals surface area contributed by atoms with Crippen molar-refractivity contribution in [1.29, 1.82) is 0 Å². The Morgan fingerprint density at radius 3 is 1.54 bits per heavy atom. The number of para-hydroxylation sites is 1. The van der Waals surface area contributed by atoms with Gasteiger partial charge in [-0.2, -0.15) is 0 Å². The Kier molecular flexibility index (Phi) is 8.50. The van der Waals surface area contributed by atoms with Crippen molar-refractivity contribution in [3.63, 3.8) is 0 Å². The molecule has 0 saturated carbocycles. The second-order valence-corrected chi connectivity index (χ2v) is 20.2. The van der Waals surface area contributed by atoms with Gasteiger partial charge in [-0.05, 0) is 86.9 Å². The van der Waals surface area contributed by atoms with Crippen molar-refractivity contribution in [3.8, 4) is 34.2 Å². The average molecular weight is 965 g/mol. The van der Waals surface area contributed by atoms with Crippen LogP contribution in [-0.4, -0.2) is 29.1 Å². The smallest absolute Gasteiger partial charge is 0.165 e. The first-order chi connectivity index (χ1) is 37.7. The van der Waals surface area contributed by atoms with Gasteiger partial charge >= 0.3 is 0 Å². The van der Waals surface area contributed by atoms with Gasteiger partial charge in [0.05, 0.1) is 44.2 Å². The third kappa shape index (κ3) is 5.77. The van der Waals surface area contributed by atoms with Crippen molar-refractivity contribution in [2.75, 3.05) is 0 Å². The Labute approximate surface area is 435 Å². The summed E-state index contributed by atoms with van der Waals surface area (Å²) in [5.74, 6) is 1.55. The monoisotopic (exact) mass is 964 g/mol. The van der Waals surface area contributed by atoms with Crippen LogP contribution in [0.2, 0.25) is 0 Å². The molecule has 1 aliphatic rings. The summed E-state index contributed by atoms with van der Waals surface area (Å²) in [7, 11) is 0. The van der Waals surface area contributed by atoms with Crippen LogP contribution in [0.1, 0.15) is 17.7 Å². The van der Waals surface area contributed by atoms with E-state index in [0.29, 0.717) is 0 Å². The summed E-state index contributed by atoms with van der Waals surface area (Å²) in [6.07, 6.45) is 6.39. The van der Waals surface area contributed by atoms with Gasteiger partial charge in [0.2, 0.25) is 0 Å². The van der Waals surface area contributed by atoms with Crippen LogP contribution in [0, 0.1) is 12.1 Å². The van der Waals surface area contributed by atoms with Crippen molar-refractivity contribution in [3.05, 3.63) is 236 Å². The molecule has 17 rings (SSSR count). The Balaban J connectivity index is 1.01. The first-order valence-electron chi connectivity index (χ1n) is 26.0. The number of hydrogen-bond acceptors (Lipinski definition) is 4. The molecule has 4 heterocycles. The van der Waals surface area contributed by atoms with Crippen LogP contribution in [0.25, 0.3) is 160 Å². The number of aromatic nitrogens is 6. The second-order valence-electron chi connectivity index (χ2n) is 20.2. The predicted octanol–water partition coefficient (Wildman–Crippen LogP) is 17.4. The van der Waals surface area contributed by atoms with Gasteiger partial charge in [0, 0.05) is 59.9 Å². The van der Waals surface area contributed by atoms with E-state index in [2.05, 4.69) is 240 Å². The van der Waals surface area contributed by atoms with Crippen LogP contribution in [0.3, 0.4) is 0 Å². The van der Waals surface area contributed by atoms with E-state index >= 15 is 0 Å². The van der Waals surface area contributed by atoms with Crippen LogP contribution in [-0.2, 0) is 6.42 Å². The van der Waals surface area contributed by atoms with Crippen molar-refractivity contribution >= 4 is 125 Å². The lowest BCUT2D eigenvalue weighted by atomic mass is 9.98. The van der Waals surface area contributed by atoms with Gasteiger partial charge < -0.3 is 0 Å². The van der Waals surface area contributed by atoms with Gasteiger partial charge in [-0.1, -0.05) is 194 Å². The number of nitrogens with zero attached hydrogens (tertiary/aromatic N) is 6. The zero-order valence-corrected chi connectivity index (χ0v) is 40.9. The molecule has 0 fully saturated rings. The van der Waals surface area contributed by atoms with Crippen LogP contribution < -0.4 is 0 Å². The van der Waals surface area contributed by atoms with E-state index in [4.69, 9.17) is 19.9 Å². The Bertz CT molecular complexity index is 5250. The van der Waals surface area contributed by atoms with Gasteiger partial charge in [-0.15, -0.1) is 0 Å². The fourth-order valence-corrected chi connectivity index (χ4v) is 12.8. The molecule has 16 aromatic rings. The highest BCUT2D eigenvalue weighted by atomic mass is 15.1. The molecule has 4 aromatic heterocycles. The first-order valence-corrected chi connectivity index (χ1v) is 26.0. The Hall–Kier alpha value is -10.2. The molecule has 0 atom stereocenters. The van der Waals surface area contributed by atoms with E-state index in [1.54, 1.807) is 0 Å². The second kappa shape index (κ2) is 15.6. The molecule has 1 aliphatic carbocycles. The summed E-state index contributed by atoms with van der Waals surface area (Å²) in [6.45, 7) is 0. The van der Waals surface area contributed by atoms with Gasteiger partial charge in [-0.3, -0.25) is 9.13 Å². The summed E-state index contributed by atoms with van der Waals surface area (Å²) in [4.78, 5) is 23.3. The quantitative estimate of drug-likeness (QED) is 0.165. The molecule has 0 N–H and O–H groups in total. The summed E-state index contributed by atoms with van der Waals surface area (Å²) in [5, 5.41) is 16.8. The number of fused-ring (bicyclic) bond motifs is 21. The lowest BCUT2D eigenvalue weighted by Gasteiger charge is -2.18. The fourth-order valence-electron chi connectivity index (χ4n) is 12.8. The molecule has 0 spiro atoms. The number of benzene rings is 11. The molecule has 6 nitrogen and oxygen atoms in total. The SMILES string of the molecule is c1c(-c2nc3c4ccccc4c4ccccc4c3nc2-n2c3c(c4c5c6ccccc6n(-c6nc7c8ccccc8c8ccccc8c7nc6-c6ccc7ccccc7c6)c5ccc42)C=CCC3)cc2ccccc2c#1. The largest absolute Gasteiger partial charge is 0.296 e. The zero-order chi connectivity index (χ0) is 49.6. The number of allylic oxidation sites excluding steroid dienone is 1. The maximum atomic E-state index is 5.87. The van der Waals surface area contributed by atoms with Crippen LogP contribution in [0.4, 0.5) is 0 Å². The average Bonchev–Trinajstić information content (AvgIpc) is 4.22. The topological polar surface area (TPSA) is 61.4 Å². The minimum absolute atomic E-state index is 0.762. The molecule has 350 valence electrons. The van der Waals surface area contributed by atoms with Crippen molar-refractivity contribution in [1.82, 2.24) is 29.1 Å². The number of rotatable bonds is 4. The maximum absolute atomic E-state index is 5.87. The summed E-state index contributed by atoms with van der Waals surface area (Å²) >= 11 is 0. The van der Waals surface area contributed by atoms with Gasteiger partial charge in [-0.25, -0.2) is 19.9 Å². The molecule has 0 amide bonds. The first kappa shape index (κ1) is 41.3. The predicted molar refractivity (Wildman–Crippen MR) is 315 cm³/mol. The van der Waals surface area contributed by atoms with Crippen molar-refractivity contribution in [2.24, 2.45) is 0 Å². The highest BCUT2D eigenvalue weighted by Crippen LogP contribution is 2.46. The lowest BCUT2D eigenvalue weighted by Crippen LogP contribution is -2.08. The molecular weight excluding hydrogens is 925 g/mol. The van der Waals surface area contributed by atoms with E-state index < -0.39 is 0 Å². The van der Waals surface area contributed by atoms with E-state index in [1.807, 2.05) is 0 Å². The molecule has 12 aromatic carbocycles. The standard InChI is InChI=1S/C70H40N6/c1-3-19-43-39-45(35-33-41(43)17-1)63-69(73-67-53-27-11-7-23-49(53)47-21-5-9-25-51(47)65(67)71-63)75-57-31-15-13-29-55(57)61-59(75)37-38-60-62(61)56-30-14-16-32-58(56)76(60)70-64(46-36-34-42-18-2-4-20-44(42)40-46)72-66-52-26-10-6-22-48(52)50-24-8-12-28-54(50)68(66)74-70/h1-15,17-31,33,35,37-40H,16,32H2. The minimum Gasteiger partial charge on any atom is -0.296 e. The van der Waals surface area contributed by atoms with Crippen molar-refractivity contribution < 1.29 is 0 Å². The molecule has 0 saturated heterocycles. The Morgan fingerprint density at radius 1 is 0.368 bits per heavy atom. The lowest BCUT2D eigenvalue weighted by molar-refractivity contribution is 0.873. The van der Waals surface area contributed by atoms with E-state index in [0.717, 1.165) is 156 Å². The molecule has 0 bridgehead atoms. The van der Waals surface area contributed by atoms with Crippen LogP contribution in [0.15, 0.2) is 212 Å². The Morgan fingerprint density at radius 2 is 0.882 bits per heavy atom. The third-order valence-electron chi connectivity index (χ3n) is 16.1. The fraction of sp³-hybridized carbons (Fsp3) is 0.0286. The minimum atomic E-state index is 0.762. The van der Waals surface area contributed by atoms with E-state index in [-0.39, 0.29) is 0 Å². The maximum Gasteiger partial charge on any atom is 0.165 e. The third-order valence-corrected chi connectivity index (χ3v) is 16.1. The normalized spacial score (nSPS) is 12.7. The van der Waals surface area contributed by atoms with Gasteiger partial charge in [0.1, 0.15) is 11.4 Å². The molecule has 0 aliphatic heterocycles. The molecule has 6 heteroatoms. The van der Waals surface area contributed by atoms with E-state index in [9.17, 15) is 0 Å². The van der Waals surface area contributed by atoms with E-state index in [1.165, 1.54) is 22.0 Å². The molecule has 0 radical (unpaired) electrons. The summed E-state index contributed by atoms with van der Waals surface area (Å²) < 4.78 is 4.79. The van der Waals surface area contributed by atoms with Gasteiger partial charge in [0.25, 0.3) is 0 Å². The molecular formula is C70H40N6. The number of hydrogen-bond donors (Lipinski definition) is 0. The van der Waals surface area contributed by atoms with Gasteiger partial charge in [0.15, 0.2) is 11.6 Å². The van der Waals surface area contributed by atoms with Crippen molar-refractivity contribution in [2.45, 2.75) is 12.8 Å². The highest BCUT2D eigenvalue weighted by Gasteiger charge is 2.29. The summed E-state index contributed by atoms with van der Waals surface area (Å²) in [6, 6.07) is 80.7. The zero-order valence-electron chi connectivity index (χ0n) is 40.9. The molecule has 76 heavy (non-hydrogen) atoms. The van der Waals surface area contributed by atoms with Crippen LogP contribution in [0.5, 0.6) is 0 Å². The molecule has 0 unspecified atom stereocenters.